The summed E-state index contributed by atoms with van der Waals surface area (Å²) in [7, 11) is 0. The summed E-state index contributed by atoms with van der Waals surface area (Å²) in [6.45, 7) is 0.929. The van der Waals surface area contributed by atoms with Gasteiger partial charge in [0.25, 0.3) is 5.69 Å². The summed E-state index contributed by atoms with van der Waals surface area (Å²) >= 11 is 0. The summed E-state index contributed by atoms with van der Waals surface area (Å²) in [4.78, 5) is 21.1. The van der Waals surface area contributed by atoms with E-state index in [1.165, 1.54) is 12.1 Å². The number of rotatable bonds is 5. The molecule has 1 N–H and O–H groups in total. The van der Waals surface area contributed by atoms with E-state index in [-0.39, 0.29) is 29.7 Å². The summed E-state index contributed by atoms with van der Waals surface area (Å²) in [5.74, 6) is -1.13. The van der Waals surface area contributed by atoms with Crippen LogP contribution in [0.1, 0.15) is 29.6 Å². The van der Waals surface area contributed by atoms with Crippen LogP contribution in [0.25, 0.3) is 0 Å². The van der Waals surface area contributed by atoms with Crippen LogP contribution in [0.5, 0.6) is 5.75 Å². The van der Waals surface area contributed by atoms with Crippen LogP contribution in [0.15, 0.2) is 18.2 Å². The fourth-order valence-electron chi connectivity index (χ4n) is 2.05. The number of carboxylic acids is 1. The zero-order valence-corrected chi connectivity index (χ0v) is 10.8. The lowest BCUT2D eigenvalue weighted by atomic mass is 10.1. The van der Waals surface area contributed by atoms with Crippen molar-refractivity contribution in [1.29, 1.82) is 0 Å². The van der Waals surface area contributed by atoms with Crippen LogP contribution in [0.3, 0.4) is 0 Å². The molecular weight excluding hydrogens is 266 g/mol. The topological polar surface area (TPSA) is 98.9 Å². The van der Waals surface area contributed by atoms with Crippen molar-refractivity contribution in [2.45, 2.75) is 25.4 Å². The number of benzene rings is 1. The number of carboxylic acid groups (broad SMARTS) is 1. The zero-order valence-electron chi connectivity index (χ0n) is 10.8. The standard InChI is InChI=1S/C13H15NO6/c15-13(16)11-7-9(14(17)18)4-5-12(11)20-8-10-3-1-2-6-19-10/h4-5,7,10H,1-3,6,8H2,(H,15,16). The van der Waals surface area contributed by atoms with E-state index < -0.39 is 10.9 Å². The second kappa shape index (κ2) is 6.33. The smallest absolute Gasteiger partial charge is 0.339 e. The third kappa shape index (κ3) is 3.45. The molecule has 108 valence electrons. The fourth-order valence-corrected chi connectivity index (χ4v) is 2.05. The van der Waals surface area contributed by atoms with Gasteiger partial charge in [-0.15, -0.1) is 0 Å². The first-order valence-corrected chi connectivity index (χ1v) is 6.34. The average molecular weight is 281 g/mol. The van der Waals surface area contributed by atoms with Crippen molar-refractivity contribution >= 4 is 11.7 Å². The Labute approximate surface area is 115 Å². The third-order valence-electron chi connectivity index (χ3n) is 3.10. The lowest BCUT2D eigenvalue weighted by molar-refractivity contribution is -0.384. The maximum Gasteiger partial charge on any atom is 0.339 e. The highest BCUT2D eigenvalue weighted by molar-refractivity contribution is 5.91. The molecule has 0 saturated carbocycles. The molecule has 0 bridgehead atoms. The van der Waals surface area contributed by atoms with Crippen LogP contribution in [-0.2, 0) is 4.74 Å². The monoisotopic (exact) mass is 281 g/mol. The minimum atomic E-state index is -1.26. The number of ether oxygens (including phenoxy) is 2. The van der Waals surface area contributed by atoms with E-state index in [0.29, 0.717) is 6.61 Å². The molecule has 1 heterocycles. The molecule has 7 nitrogen and oxygen atoms in total. The highest BCUT2D eigenvalue weighted by Crippen LogP contribution is 2.25. The van der Waals surface area contributed by atoms with E-state index >= 15 is 0 Å². The number of hydrogen-bond donors (Lipinski definition) is 1. The maximum atomic E-state index is 11.1. The van der Waals surface area contributed by atoms with Gasteiger partial charge in [-0.05, 0) is 25.3 Å². The molecule has 0 spiro atoms. The van der Waals surface area contributed by atoms with E-state index in [4.69, 9.17) is 14.6 Å². The van der Waals surface area contributed by atoms with Crippen LogP contribution < -0.4 is 4.74 Å². The Morgan fingerprint density at radius 2 is 2.30 bits per heavy atom. The van der Waals surface area contributed by atoms with Gasteiger partial charge in [0.15, 0.2) is 0 Å². The molecule has 1 aliphatic heterocycles. The van der Waals surface area contributed by atoms with Crippen LogP contribution in [0.4, 0.5) is 5.69 Å². The zero-order chi connectivity index (χ0) is 14.5. The molecule has 1 fully saturated rings. The summed E-state index contributed by atoms with van der Waals surface area (Å²) in [5.41, 5.74) is -0.487. The van der Waals surface area contributed by atoms with Crippen molar-refractivity contribution in [3.63, 3.8) is 0 Å². The van der Waals surface area contributed by atoms with Crippen molar-refractivity contribution in [3.05, 3.63) is 33.9 Å². The van der Waals surface area contributed by atoms with Gasteiger partial charge in [0, 0.05) is 18.7 Å². The van der Waals surface area contributed by atoms with E-state index in [1.54, 1.807) is 0 Å². The number of aromatic carboxylic acids is 1. The van der Waals surface area contributed by atoms with Gasteiger partial charge in [-0.3, -0.25) is 10.1 Å². The van der Waals surface area contributed by atoms with Crippen molar-refractivity contribution in [1.82, 2.24) is 0 Å². The Kier molecular flexibility index (Phi) is 4.52. The van der Waals surface area contributed by atoms with Gasteiger partial charge in [0.1, 0.15) is 17.9 Å². The van der Waals surface area contributed by atoms with Crippen molar-refractivity contribution in [3.8, 4) is 5.75 Å². The van der Waals surface area contributed by atoms with Gasteiger partial charge in [0.2, 0.25) is 0 Å². The van der Waals surface area contributed by atoms with Gasteiger partial charge in [-0.2, -0.15) is 0 Å². The second-order valence-corrected chi connectivity index (χ2v) is 4.54. The lowest BCUT2D eigenvalue weighted by Crippen LogP contribution is -2.26. The third-order valence-corrected chi connectivity index (χ3v) is 3.10. The summed E-state index contributed by atoms with van der Waals surface area (Å²) in [5, 5.41) is 19.7. The Bertz CT molecular complexity index is 510. The molecule has 1 unspecified atom stereocenters. The molecule has 1 aliphatic rings. The predicted octanol–water partition coefficient (Wildman–Crippen LogP) is 2.24. The molecule has 7 heteroatoms. The minimum absolute atomic E-state index is 0.0550. The second-order valence-electron chi connectivity index (χ2n) is 4.54. The first-order chi connectivity index (χ1) is 9.58. The van der Waals surface area contributed by atoms with E-state index in [0.717, 1.165) is 25.3 Å². The number of nitro groups is 1. The Morgan fingerprint density at radius 1 is 1.50 bits per heavy atom. The van der Waals surface area contributed by atoms with Crippen LogP contribution in [-0.4, -0.2) is 35.3 Å². The summed E-state index contributed by atoms with van der Waals surface area (Å²) in [6, 6.07) is 3.54. The molecule has 20 heavy (non-hydrogen) atoms. The van der Waals surface area contributed by atoms with Gasteiger partial charge in [-0.25, -0.2) is 4.79 Å². The van der Waals surface area contributed by atoms with Crippen LogP contribution in [0.2, 0.25) is 0 Å². The number of nitro benzene ring substituents is 1. The van der Waals surface area contributed by atoms with Crippen LogP contribution in [0, 0.1) is 10.1 Å². The van der Waals surface area contributed by atoms with Crippen LogP contribution >= 0.6 is 0 Å². The first kappa shape index (κ1) is 14.3. The number of non-ortho nitro benzene ring substituents is 1. The van der Waals surface area contributed by atoms with E-state index in [2.05, 4.69) is 0 Å². The summed E-state index contributed by atoms with van der Waals surface area (Å²) in [6.07, 6.45) is 2.89. The number of nitrogens with zero attached hydrogens (tertiary/aromatic N) is 1. The van der Waals surface area contributed by atoms with Gasteiger partial charge in [0.05, 0.1) is 11.0 Å². The largest absolute Gasteiger partial charge is 0.490 e. The maximum absolute atomic E-state index is 11.1. The van der Waals surface area contributed by atoms with Gasteiger partial charge < -0.3 is 14.6 Å². The lowest BCUT2D eigenvalue weighted by Gasteiger charge is -2.22. The molecular formula is C13H15NO6. The highest BCUT2D eigenvalue weighted by atomic mass is 16.6. The Balaban J connectivity index is 2.09. The molecule has 2 rings (SSSR count). The molecule has 1 atom stereocenters. The van der Waals surface area contributed by atoms with Crippen molar-refractivity contribution < 1.29 is 24.3 Å². The number of hydrogen-bond acceptors (Lipinski definition) is 5. The molecule has 0 aromatic heterocycles. The highest BCUT2D eigenvalue weighted by Gasteiger charge is 2.19. The molecule has 1 aromatic carbocycles. The SMILES string of the molecule is O=C(O)c1cc([N+](=O)[O-])ccc1OCC1CCCCO1. The van der Waals surface area contributed by atoms with E-state index in [1.807, 2.05) is 0 Å². The minimum Gasteiger partial charge on any atom is -0.490 e. The average Bonchev–Trinajstić information content (AvgIpc) is 2.45. The Hall–Kier alpha value is -2.15. The molecule has 0 amide bonds. The molecule has 1 aromatic rings. The quantitative estimate of drug-likeness (QED) is 0.656. The first-order valence-electron chi connectivity index (χ1n) is 6.34. The predicted molar refractivity (Wildman–Crippen MR) is 69.1 cm³/mol. The van der Waals surface area contributed by atoms with Crippen molar-refractivity contribution in [2.24, 2.45) is 0 Å². The number of carbonyl (C=O) groups is 1. The molecule has 0 radical (unpaired) electrons. The van der Waals surface area contributed by atoms with Crippen molar-refractivity contribution in [2.75, 3.05) is 13.2 Å². The summed E-state index contributed by atoms with van der Waals surface area (Å²) < 4.78 is 10.9. The normalized spacial score (nSPS) is 18.5. The van der Waals surface area contributed by atoms with Gasteiger partial charge in [-0.1, -0.05) is 0 Å². The van der Waals surface area contributed by atoms with Gasteiger partial charge >= 0.3 is 5.97 Å². The molecule has 0 aliphatic carbocycles. The fraction of sp³-hybridized carbons (Fsp3) is 0.462. The molecule has 1 saturated heterocycles. The van der Waals surface area contributed by atoms with E-state index in [9.17, 15) is 14.9 Å². The Morgan fingerprint density at radius 3 is 2.90 bits per heavy atom.